The number of nitrogens with zero attached hydrogens (tertiary/aromatic N) is 3. The average Bonchev–Trinajstić information content (AvgIpc) is 2.79. The van der Waals surface area contributed by atoms with Crippen molar-refractivity contribution in [1.29, 1.82) is 0 Å². The maximum absolute atomic E-state index is 5.89. The Kier molecular flexibility index (Phi) is 3.49. The molecule has 106 valence electrons. The first kappa shape index (κ1) is 13.2. The summed E-state index contributed by atoms with van der Waals surface area (Å²) in [4.78, 5) is 2.47. The molecule has 1 aliphatic heterocycles. The van der Waals surface area contributed by atoms with Crippen molar-refractivity contribution in [3.8, 4) is 0 Å². The van der Waals surface area contributed by atoms with Gasteiger partial charge in [-0.05, 0) is 42.2 Å². The molecule has 20 heavy (non-hydrogen) atoms. The quantitative estimate of drug-likeness (QED) is 0.869. The molecule has 1 aliphatic rings. The molecule has 2 N–H and O–H groups in total. The van der Waals surface area contributed by atoms with E-state index in [1.165, 1.54) is 22.5 Å². The van der Waals surface area contributed by atoms with Crippen LogP contribution in [0.5, 0.6) is 0 Å². The second kappa shape index (κ2) is 5.29. The van der Waals surface area contributed by atoms with E-state index in [1.54, 1.807) is 0 Å². The lowest BCUT2D eigenvalue weighted by atomic mass is 9.99. The van der Waals surface area contributed by atoms with Crippen LogP contribution >= 0.6 is 0 Å². The van der Waals surface area contributed by atoms with Crippen molar-refractivity contribution in [2.75, 3.05) is 12.3 Å². The summed E-state index contributed by atoms with van der Waals surface area (Å²) in [5.41, 5.74) is 12.0. The molecule has 3 rings (SSSR count). The summed E-state index contributed by atoms with van der Waals surface area (Å²) < 4.78 is 2.01. The van der Waals surface area contributed by atoms with E-state index in [0.29, 0.717) is 0 Å². The van der Waals surface area contributed by atoms with Gasteiger partial charge in [-0.3, -0.25) is 9.58 Å². The molecule has 0 saturated heterocycles. The first-order valence-corrected chi connectivity index (χ1v) is 7.27. The summed E-state index contributed by atoms with van der Waals surface area (Å²) in [5, 5.41) is 4.52. The van der Waals surface area contributed by atoms with E-state index in [2.05, 4.69) is 35.1 Å². The van der Waals surface area contributed by atoms with E-state index in [-0.39, 0.29) is 0 Å². The molecule has 1 aromatic carbocycles. The summed E-state index contributed by atoms with van der Waals surface area (Å²) >= 11 is 0. The number of hydrogen-bond donors (Lipinski definition) is 1. The highest BCUT2D eigenvalue weighted by Crippen LogP contribution is 2.22. The molecule has 0 radical (unpaired) electrons. The smallest absolute Gasteiger partial charge is 0.0625 e. The highest BCUT2D eigenvalue weighted by Gasteiger charge is 2.17. The fraction of sp³-hybridized carbons (Fsp3) is 0.438. The zero-order valence-corrected chi connectivity index (χ0v) is 12.3. The van der Waals surface area contributed by atoms with Crippen LogP contribution in [0.15, 0.2) is 24.3 Å². The number of anilines is 1. The normalized spacial score (nSPS) is 15.3. The second-order valence-corrected chi connectivity index (χ2v) is 5.59. The first-order chi connectivity index (χ1) is 9.65. The minimum atomic E-state index is 0.861. The fourth-order valence-corrected chi connectivity index (χ4v) is 2.89. The number of hydrogen-bond acceptors (Lipinski definition) is 3. The van der Waals surface area contributed by atoms with Gasteiger partial charge in [-0.2, -0.15) is 5.10 Å². The zero-order valence-electron chi connectivity index (χ0n) is 12.3. The third-order valence-electron chi connectivity index (χ3n) is 4.10. The van der Waals surface area contributed by atoms with Crippen LogP contribution in [0.1, 0.15) is 29.4 Å². The number of aryl methyl sites for hydroxylation is 2. The molecule has 0 spiro atoms. The number of rotatable bonds is 3. The van der Waals surface area contributed by atoms with Crippen molar-refractivity contribution >= 4 is 5.69 Å². The number of nitrogens with two attached hydrogens (primary N) is 1. The summed E-state index contributed by atoms with van der Waals surface area (Å²) in [5.74, 6) is 0. The SMILES string of the molecule is CCc1cc(CN2CCc3ccc(N)cc3C2)n(C)n1. The highest BCUT2D eigenvalue weighted by atomic mass is 15.3. The number of benzene rings is 1. The number of nitrogen functional groups attached to an aromatic ring is 1. The molecule has 0 unspecified atom stereocenters. The average molecular weight is 270 g/mol. The third kappa shape index (κ3) is 2.56. The van der Waals surface area contributed by atoms with Gasteiger partial charge >= 0.3 is 0 Å². The molecular weight excluding hydrogens is 248 g/mol. The van der Waals surface area contributed by atoms with Crippen LogP contribution < -0.4 is 5.73 Å². The summed E-state index contributed by atoms with van der Waals surface area (Å²) in [6.07, 6.45) is 2.10. The van der Waals surface area contributed by atoms with Crippen molar-refractivity contribution in [2.45, 2.75) is 32.9 Å². The van der Waals surface area contributed by atoms with Crippen molar-refractivity contribution in [3.63, 3.8) is 0 Å². The Hall–Kier alpha value is -1.81. The van der Waals surface area contributed by atoms with Crippen LogP contribution in [-0.4, -0.2) is 21.2 Å². The highest BCUT2D eigenvalue weighted by molar-refractivity contribution is 5.45. The molecule has 0 bridgehead atoms. The molecule has 4 heteroatoms. The van der Waals surface area contributed by atoms with E-state index >= 15 is 0 Å². The van der Waals surface area contributed by atoms with Crippen molar-refractivity contribution in [3.05, 3.63) is 46.8 Å². The Balaban J connectivity index is 1.75. The molecule has 0 fully saturated rings. The van der Waals surface area contributed by atoms with Crippen LogP contribution in [0.3, 0.4) is 0 Å². The molecule has 0 aliphatic carbocycles. The summed E-state index contributed by atoms with van der Waals surface area (Å²) in [6.45, 7) is 5.18. The Labute approximate surface area is 120 Å². The van der Waals surface area contributed by atoms with Crippen molar-refractivity contribution < 1.29 is 0 Å². The predicted octanol–water partition coefficient (Wildman–Crippen LogP) is 2.12. The Morgan fingerprint density at radius 1 is 1.25 bits per heavy atom. The van der Waals surface area contributed by atoms with E-state index < -0.39 is 0 Å². The minimum absolute atomic E-state index is 0.861. The van der Waals surface area contributed by atoms with E-state index in [4.69, 9.17) is 5.73 Å². The zero-order chi connectivity index (χ0) is 14.1. The Morgan fingerprint density at radius 2 is 2.10 bits per heavy atom. The molecule has 0 amide bonds. The lowest BCUT2D eigenvalue weighted by molar-refractivity contribution is 0.239. The van der Waals surface area contributed by atoms with Gasteiger partial charge in [-0.1, -0.05) is 13.0 Å². The Bertz CT molecular complexity index is 615. The predicted molar refractivity (Wildman–Crippen MR) is 81.3 cm³/mol. The van der Waals surface area contributed by atoms with E-state index in [9.17, 15) is 0 Å². The monoisotopic (exact) mass is 270 g/mol. The molecule has 2 aromatic rings. The van der Waals surface area contributed by atoms with Gasteiger partial charge in [-0.25, -0.2) is 0 Å². The second-order valence-electron chi connectivity index (χ2n) is 5.59. The molecule has 0 saturated carbocycles. The summed E-state index contributed by atoms with van der Waals surface area (Å²) in [7, 11) is 2.03. The molecule has 0 atom stereocenters. The third-order valence-corrected chi connectivity index (χ3v) is 4.10. The number of aromatic nitrogens is 2. The van der Waals surface area contributed by atoms with Crippen molar-refractivity contribution in [2.24, 2.45) is 7.05 Å². The fourth-order valence-electron chi connectivity index (χ4n) is 2.89. The van der Waals surface area contributed by atoms with Crippen LogP contribution in [0.4, 0.5) is 5.69 Å². The van der Waals surface area contributed by atoms with E-state index in [0.717, 1.165) is 38.2 Å². The lowest BCUT2D eigenvalue weighted by Gasteiger charge is -2.28. The van der Waals surface area contributed by atoms with Gasteiger partial charge in [0.25, 0.3) is 0 Å². The van der Waals surface area contributed by atoms with Gasteiger partial charge in [0.05, 0.1) is 11.4 Å². The largest absolute Gasteiger partial charge is 0.399 e. The maximum atomic E-state index is 5.89. The van der Waals surface area contributed by atoms with Gasteiger partial charge in [0.1, 0.15) is 0 Å². The number of fused-ring (bicyclic) bond motifs is 1. The molecule has 2 heterocycles. The van der Waals surface area contributed by atoms with Crippen LogP contribution in [0.2, 0.25) is 0 Å². The first-order valence-electron chi connectivity index (χ1n) is 7.27. The Morgan fingerprint density at radius 3 is 2.85 bits per heavy atom. The van der Waals surface area contributed by atoms with Gasteiger partial charge in [-0.15, -0.1) is 0 Å². The van der Waals surface area contributed by atoms with Gasteiger partial charge < -0.3 is 5.73 Å². The van der Waals surface area contributed by atoms with Gasteiger partial charge in [0, 0.05) is 32.4 Å². The lowest BCUT2D eigenvalue weighted by Crippen LogP contribution is -2.30. The molecule has 4 nitrogen and oxygen atoms in total. The van der Waals surface area contributed by atoms with E-state index in [1.807, 2.05) is 17.8 Å². The molecule has 1 aromatic heterocycles. The standard InChI is InChI=1S/C16H22N4/c1-3-15-9-16(19(2)18-15)11-20-7-6-12-4-5-14(17)8-13(12)10-20/h4-5,8-9H,3,6-7,10-11,17H2,1-2H3. The summed E-state index contributed by atoms with van der Waals surface area (Å²) in [6, 6.07) is 8.50. The maximum Gasteiger partial charge on any atom is 0.0625 e. The van der Waals surface area contributed by atoms with Crippen LogP contribution in [0, 0.1) is 0 Å². The molecular formula is C16H22N4. The van der Waals surface area contributed by atoms with Crippen LogP contribution in [0.25, 0.3) is 0 Å². The topological polar surface area (TPSA) is 47.1 Å². The van der Waals surface area contributed by atoms with Crippen molar-refractivity contribution in [1.82, 2.24) is 14.7 Å². The van der Waals surface area contributed by atoms with Gasteiger partial charge in [0.2, 0.25) is 0 Å². The van der Waals surface area contributed by atoms with Gasteiger partial charge in [0.15, 0.2) is 0 Å². The van der Waals surface area contributed by atoms with Crippen LogP contribution in [-0.2, 0) is 33.0 Å². The minimum Gasteiger partial charge on any atom is -0.399 e.